The van der Waals surface area contributed by atoms with Gasteiger partial charge in [-0.05, 0) is 73.6 Å². The summed E-state index contributed by atoms with van der Waals surface area (Å²) in [6.45, 7) is 2.24. The number of tetrazole rings is 1. The van der Waals surface area contributed by atoms with Crippen molar-refractivity contribution >= 4 is 34.5 Å². The highest BCUT2D eigenvalue weighted by Gasteiger charge is 2.54. The molecule has 6 rings (SSSR count). The molecule has 0 aromatic carbocycles. The first-order valence-electron chi connectivity index (χ1n) is 12.9. The van der Waals surface area contributed by atoms with E-state index in [-0.39, 0.29) is 36.5 Å². The van der Waals surface area contributed by atoms with Crippen molar-refractivity contribution in [3.05, 3.63) is 49.1 Å². The van der Waals surface area contributed by atoms with Crippen LogP contribution in [0.1, 0.15) is 62.6 Å². The molecule has 1 saturated heterocycles. The molecule has 5 atom stereocenters. The van der Waals surface area contributed by atoms with Gasteiger partial charge in [-0.15, -0.1) is 32.9 Å². The summed E-state index contributed by atoms with van der Waals surface area (Å²) in [6.07, 6.45) is 4.08. The molecule has 3 aromatic heterocycles. The molecule has 1 aliphatic heterocycles. The Morgan fingerprint density at radius 1 is 1.32 bits per heavy atom. The molecule has 10 nitrogen and oxygen atoms in total. The summed E-state index contributed by atoms with van der Waals surface area (Å²) < 4.78 is 0. The molecule has 3 aromatic rings. The van der Waals surface area contributed by atoms with Gasteiger partial charge in [0.05, 0.1) is 17.5 Å². The van der Waals surface area contributed by atoms with Gasteiger partial charge in [-0.25, -0.2) is 0 Å². The number of nitriles is 1. The van der Waals surface area contributed by atoms with Gasteiger partial charge in [0.25, 0.3) is 5.91 Å². The number of rotatable bonds is 7. The Morgan fingerprint density at radius 2 is 2.13 bits per heavy atom. The summed E-state index contributed by atoms with van der Waals surface area (Å²) in [5.41, 5.74) is 1.67. The van der Waals surface area contributed by atoms with Crippen LogP contribution in [0.5, 0.6) is 0 Å². The van der Waals surface area contributed by atoms with Crippen molar-refractivity contribution in [3.63, 3.8) is 0 Å². The van der Waals surface area contributed by atoms with Gasteiger partial charge in [0, 0.05) is 35.9 Å². The lowest BCUT2D eigenvalue weighted by Gasteiger charge is -2.33. The van der Waals surface area contributed by atoms with Crippen LogP contribution in [0.15, 0.2) is 17.5 Å². The maximum absolute atomic E-state index is 13.1. The van der Waals surface area contributed by atoms with Crippen LogP contribution in [0, 0.1) is 17.2 Å². The van der Waals surface area contributed by atoms with Crippen LogP contribution in [0.25, 0.3) is 0 Å². The first kappa shape index (κ1) is 25.2. The highest BCUT2D eigenvalue weighted by atomic mass is 32.1. The van der Waals surface area contributed by atoms with Crippen LogP contribution >= 0.6 is 22.7 Å². The van der Waals surface area contributed by atoms with Gasteiger partial charge < -0.3 is 15.1 Å². The van der Waals surface area contributed by atoms with E-state index in [1.165, 1.54) is 16.9 Å². The fraction of sp³-hybridized carbons (Fsp3) is 0.538. The zero-order valence-electron chi connectivity index (χ0n) is 21.6. The third-order valence-corrected chi connectivity index (χ3v) is 10.5. The summed E-state index contributed by atoms with van der Waals surface area (Å²) in [5.74, 6) is 1.02. The van der Waals surface area contributed by atoms with Gasteiger partial charge in [-0.1, -0.05) is 5.21 Å². The van der Waals surface area contributed by atoms with Crippen LogP contribution < -0.4 is 5.32 Å². The van der Waals surface area contributed by atoms with E-state index >= 15 is 0 Å². The van der Waals surface area contributed by atoms with E-state index in [0.29, 0.717) is 23.0 Å². The van der Waals surface area contributed by atoms with E-state index in [0.717, 1.165) is 41.0 Å². The first-order valence-corrected chi connectivity index (χ1v) is 14.6. The summed E-state index contributed by atoms with van der Waals surface area (Å²) in [7, 11) is 3.53. The molecule has 12 heteroatoms. The zero-order valence-corrected chi connectivity index (χ0v) is 23.2. The van der Waals surface area contributed by atoms with Crippen molar-refractivity contribution in [2.24, 2.45) is 5.92 Å². The number of fused-ring (bicyclic) bond motifs is 3. The number of carbonyl (C=O) groups is 2. The Morgan fingerprint density at radius 3 is 2.87 bits per heavy atom. The number of thiophene rings is 2. The molecule has 0 bridgehead atoms. The molecule has 2 N–H and O–H groups in total. The lowest BCUT2D eigenvalue weighted by molar-refractivity contribution is -0.131. The molecule has 198 valence electrons. The highest BCUT2D eigenvalue weighted by Crippen LogP contribution is 2.51. The molecule has 3 unspecified atom stereocenters. The predicted octanol–water partition coefficient (Wildman–Crippen LogP) is 2.34. The smallest absolute Gasteiger partial charge is 0.263 e. The van der Waals surface area contributed by atoms with Crippen molar-refractivity contribution in [2.45, 2.75) is 62.6 Å². The van der Waals surface area contributed by atoms with E-state index in [1.54, 1.807) is 35.2 Å². The second-order valence-corrected chi connectivity index (χ2v) is 12.8. The first-order chi connectivity index (χ1) is 18.3. The Bertz CT molecular complexity index is 1410. The van der Waals surface area contributed by atoms with Gasteiger partial charge >= 0.3 is 0 Å². The lowest BCUT2D eigenvalue weighted by atomic mass is 9.76. The number of H-pyrrole nitrogens is 1. The largest absolute Gasteiger partial charge is 0.344 e. The van der Waals surface area contributed by atoms with E-state index in [9.17, 15) is 14.9 Å². The zero-order chi connectivity index (χ0) is 26.6. The van der Waals surface area contributed by atoms with Crippen LogP contribution in [0.3, 0.4) is 0 Å². The van der Waals surface area contributed by atoms with Gasteiger partial charge in [0.1, 0.15) is 11.5 Å². The number of hydrogen-bond donors (Lipinski definition) is 2. The lowest BCUT2D eigenvalue weighted by Crippen LogP contribution is -2.46. The molecule has 0 radical (unpaired) electrons. The molecule has 1 saturated carbocycles. The Labute approximate surface area is 229 Å². The third kappa shape index (κ3) is 4.04. The molecule has 3 aliphatic rings. The number of nitrogens with zero attached hydrogens (tertiary/aromatic N) is 6. The normalized spacial score (nSPS) is 26.1. The summed E-state index contributed by atoms with van der Waals surface area (Å²) in [6, 6.07) is 6.32. The van der Waals surface area contributed by atoms with E-state index in [2.05, 4.69) is 50.4 Å². The van der Waals surface area contributed by atoms with Crippen molar-refractivity contribution in [1.82, 2.24) is 35.7 Å². The minimum atomic E-state index is -0.711. The Balaban J connectivity index is 1.34. The third-order valence-electron chi connectivity index (χ3n) is 8.09. The number of aromatic amines is 1. The summed E-state index contributed by atoms with van der Waals surface area (Å²) in [4.78, 5) is 32.4. The predicted molar refractivity (Wildman–Crippen MR) is 143 cm³/mol. The van der Waals surface area contributed by atoms with Crippen molar-refractivity contribution < 1.29 is 9.59 Å². The fourth-order valence-corrected chi connectivity index (χ4v) is 8.88. The SMILES string of the molecule is C[C@H](CC1(c2nn[nH]n2)c2sccc2CCc2cc(C(=O)N(C)C)sc21)NCC(=O)N1C(C#N)C[C@@H]2CC21. The maximum Gasteiger partial charge on any atom is 0.263 e. The topological polar surface area (TPSA) is 131 Å². The molecule has 2 fully saturated rings. The molecule has 2 aliphatic carbocycles. The number of piperidine rings is 1. The van der Waals surface area contributed by atoms with Gasteiger partial charge in [-0.2, -0.15) is 10.5 Å². The number of amides is 2. The molecule has 0 spiro atoms. The van der Waals surface area contributed by atoms with Gasteiger partial charge in [0.2, 0.25) is 5.91 Å². The van der Waals surface area contributed by atoms with Gasteiger partial charge in [0.15, 0.2) is 5.82 Å². The highest BCUT2D eigenvalue weighted by molar-refractivity contribution is 7.15. The molecule has 2 amide bonds. The van der Waals surface area contributed by atoms with Crippen molar-refractivity contribution in [3.8, 4) is 6.07 Å². The van der Waals surface area contributed by atoms with Crippen LogP contribution in [-0.4, -0.2) is 81.0 Å². The van der Waals surface area contributed by atoms with E-state index in [4.69, 9.17) is 0 Å². The average Bonchev–Trinajstić information content (AvgIpc) is 3.43. The van der Waals surface area contributed by atoms with Crippen LogP contribution in [0.2, 0.25) is 0 Å². The van der Waals surface area contributed by atoms with Crippen LogP contribution in [-0.2, 0) is 23.1 Å². The van der Waals surface area contributed by atoms with E-state index in [1.807, 2.05) is 6.07 Å². The second-order valence-electron chi connectivity index (χ2n) is 10.8. The number of likely N-dealkylation sites (tertiary alicyclic amines) is 1. The summed E-state index contributed by atoms with van der Waals surface area (Å²) >= 11 is 3.19. The molecular formula is C26H30N8O2S2. The minimum absolute atomic E-state index is 0.0182. The quantitative estimate of drug-likeness (QED) is 0.462. The summed E-state index contributed by atoms with van der Waals surface area (Å²) in [5, 5.41) is 30.6. The minimum Gasteiger partial charge on any atom is -0.344 e. The number of carbonyl (C=O) groups excluding carboxylic acids is 2. The molecule has 38 heavy (non-hydrogen) atoms. The maximum atomic E-state index is 13.1. The standard InChI is InChI=1S/C26H30N8O2S2/c1-14(28-13-21(35)34-18(12-27)8-17-9-19(17)34)11-26(25-29-31-32-30-25)22-15(6-7-37-22)4-5-16-10-20(38-23(16)26)24(36)33(2)3/h6-7,10,14,17-19,28H,4-5,8-9,11,13H2,1-3H3,(H,29,30,31,32)/t14-,17-,18?,19?,26?/m1/s1. The Hall–Kier alpha value is -3.14. The van der Waals surface area contributed by atoms with Crippen molar-refractivity contribution in [1.29, 1.82) is 5.26 Å². The Kier molecular flexibility index (Phi) is 6.32. The fourth-order valence-electron chi connectivity index (χ4n) is 6.22. The number of hydrogen-bond acceptors (Lipinski definition) is 9. The van der Waals surface area contributed by atoms with E-state index < -0.39 is 5.41 Å². The second kappa shape index (κ2) is 9.55. The number of aromatic nitrogens is 4. The number of nitrogens with one attached hydrogen (secondary N) is 2. The number of aryl methyl sites for hydroxylation is 2. The molecular weight excluding hydrogens is 520 g/mol. The van der Waals surface area contributed by atoms with Crippen molar-refractivity contribution in [2.75, 3.05) is 20.6 Å². The average molecular weight is 551 g/mol. The van der Waals surface area contributed by atoms with Gasteiger partial charge in [-0.3, -0.25) is 9.59 Å². The monoisotopic (exact) mass is 550 g/mol. The van der Waals surface area contributed by atoms with Crippen LogP contribution in [0.4, 0.5) is 0 Å². The molecule has 4 heterocycles.